The summed E-state index contributed by atoms with van der Waals surface area (Å²) >= 11 is 6.03. The molecule has 7 nitrogen and oxygen atoms in total. The maximum atomic E-state index is 13.2. The summed E-state index contributed by atoms with van der Waals surface area (Å²) in [5.74, 6) is 0.846. The molecule has 3 aromatic rings. The average molecular weight is 410 g/mol. The molecule has 0 saturated carbocycles. The molecule has 1 fully saturated rings. The van der Waals surface area contributed by atoms with Crippen LogP contribution in [0.4, 0.5) is 0 Å². The quantitative estimate of drug-likeness (QED) is 0.655. The Kier molecular flexibility index (Phi) is 5.67. The molecule has 0 radical (unpaired) electrons. The first-order valence-corrected chi connectivity index (χ1v) is 9.80. The Balaban J connectivity index is 1.52. The topological polar surface area (TPSA) is 81.1 Å². The van der Waals surface area contributed by atoms with Crippen LogP contribution in [0, 0.1) is 6.92 Å². The minimum Gasteiger partial charge on any atom is -0.472 e. The van der Waals surface area contributed by atoms with Crippen LogP contribution in [0.25, 0.3) is 11.4 Å². The third-order valence-corrected chi connectivity index (χ3v) is 5.19. The number of likely N-dealkylation sites (tertiary alicyclic amines) is 1. The van der Waals surface area contributed by atoms with E-state index in [0.29, 0.717) is 41.1 Å². The second-order valence-electron chi connectivity index (χ2n) is 6.88. The van der Waals surface area contributed by atoms with Gasteiger partial charge in [0.05, 0.1) is 17.1 Å². The van der Waals surface area contributed by atoms with Crippen molar-refractivity contribution in [1.82, 2.24) is 24.8 Å². The Morgan fingerprint density at radius 2 is 1.97 bits per heavy atom. The van der Waals surface area contributed by atoms with E-state index in [1.54, 1.807) is 41.8 Å². The summed E-state index contributed by atoms with van der Waals surface area (Å²) in [6, 6.07) is 7.14. The first-order chi connectivity index (χ1) is 14.1. The number of nitrogens with zero attached hydrogens (tertiary/aromatic N) is 5. The van der Waals surface area contributed by atoms with E-state index in [0.717, 1.165) is 18.4 Å². The zero-order chi connectivity index (χ0) is 20.2. The van der Waals surface area contributed by atoms with Gasteiger partial charge in [-0.1, -0.05) is 11.6 Å². The second kappa shape index (κ2) is 8.53. The lowest BCUT2D eigenvalue weighted by Gasteiger charge is -2.32. The third kappa shape index (κ3) is 4.35. The fraction of sp³-hybridized carbons (Fsp3) is 0.286. The number of piperidine rings is 1. The van der Waals surface area contributed by atoms with Crippen LogP contribution in [-0.4, -0.2) is 49.9 Å². The third-order valence-electron chi connectivity index (χ3n) is 4.79. The first-order valence-electron chi connectivity index (χ1n) is 9.42. The number of hydrogen-bond acceptors (Lipinski definition) is 6. The average Bonchev–Trinajstić information content (AvgIpc) is 2.77. The van der Waals surface area contributed by atoms with Crippen molar-refractivity contribution < 1.29 is 9.53 Å². The summed E-state index contributed by atoms with van der Waals surface area (Å²) in [5, 5.41) is 0.601. The van der Waals surface area contributed by atoms with Crippen LogP contribution in [0.2, 0.25) is 5.02 Å². The number of hydrogen-bond donors (Lipinski definition) is 0. The highest BCUT2D eigenvalue weighted by atomic mass is 35.5. The Morgan fingerprint density at radius 3 is 2.76 bits per heavy atom. The van der Waals surface area contributed by atoms with E-state index in [-0.39, 0.29) is 12.0 Å². The van der Waals surface area contributed by atoms with Crippen LogP contribution >= 0.6 is 11.6 Å². The highest BCUT2D eigenvalue weighted by molar-refractivity contribution is 6.31. The summed E-state index contributed by atoms with van der Waals surface area (Å²) in [5.41, 5.74) is 1.87. The lowest BCUT2D eigenvalue weighted by Crippen LogP contribution is -2.44. The van der Waals surface area contributed by atoms with Gasteiger partial charge in [0.15, 0.2) is 5.82 Å². The Labute approximate surface area is 173 Å². The molecule has 0 spiro atoms. The van der Waals surface area contributed by atoms with Crippen LogP contribution in [0.15, 0.2) is 49.1 Å². The van der Waals surface area contributed by atoms with Gasteiger partial charge in [0.2, 0.25) is 5.88 Å². The van der Waals surface area contributed by atoms with Crippen LogP contribution in [0.3, 0.4) is 0 Å². The van der Waals surface area contributed by atoms with Crippen LogP contribution in [-0.2, 0) is 0 Å². The molecule has 1 aliphatic heterocycles. The Morgan fingerprint density at radius 1 is 1.17 bits per heavy atom. The standard InChI is InChI=1S/C21H20ClN5O2/c1-14-11-18(26-12-17(14)22)29-15-5-3-10-27(13-15)21(28)19-16(6-2-7-23-19)20-24-8-4-9-25-20/h2,4,6-9,11-12,15H,3,5,10,13H2,1H3. The minimum absolute atomic E-state index is 0.138. The number of aryl methyl sites for hydroxylation is 1. The van der Waals surface area contributed by atoms with Gasteiger partial charge in [0.25, 0.3) is 5.91 Å². The van der Waals surface area contributed by atoms with Gasteiger partial charge in [0.1, 0.15) is 11.8 Å². The molecule has 1 aliphatic rings. The SMILES string of the molecule is Cc1cc(OC2CCCN(C(=O)c3ncccc3-c3ncccn3)C2)ncc1Cl. The molecule has 8 heteroatoms. The molecule has 4 heterocycles. The van der Waals surface area contributed by atoms with Gasteiger partial charge in [0, 0.05) is 37.4 Å². The van der Waals surface area contributed by atoms with Crippen molar-refractivity contribution in [3.8, 4) is 17.3 Å². The maximum Gasteiger partial charge on any atom is 0.273 e. The molecule has 29 heavy (non-hydrogen) atoms. The van der Waals surface area contributed by atoms with Crippen molar-refractivity contribution in [2.45, 2.75) is 25.9 Å². The summed E-state index contributed by atoms with van der Waals surface area (Å²) in [6.45, 7) is 3.02. The molecule has 0 aliphatic carbocycles. The van der Waals surface area contributed by atoms with Gasteiger partial charge in [-0.2, -0.15) is 0 Å². The van der Waals surface area contributed by atoms with Gasteiger partial charge < -0.3 is 9.64 Å². The number of rotatable bonds is 4. The molecule has 3 aromatic heterocycles. The first kappa shape index (κ1) is 19.3. The molecule has 4 rings (SSSR count). The van der Waals surface area contributed by atoms with Crippen molar-refractivity contribution >= 4 is 17.5 Å². The van der Waals surface area contributed by atoms with E-state index in [1.165, 1.54) is 0 Å². The van der Waals surface area contributed by atoms with Crippen molar-refractivity contribution in [3.05, 3.63) is 65.3 Å². The van der Waals surface area contributed by atoms with Crippen molar-refractivity contribution in [1.29, 1.82) is 0 Å². The molecular weight excluding hydrogens is 390 g/mol. The predicted octanol–water partition coefficient (Wildman–Crippen LogP) is 3.58. The van der Waals surface area contributed by atoms with Crippen LogP contribution in [0.5, 0.6) is 5.88 Å². The number of ether oxygens (including phenoxy) is 1. The van der Waals surface area contributed by atoms with E-state index in [2.05, 4.69) is 19.9 Å². The summed E-state index contributed by atoms with van der Waals surface area (Å²) < 4.78 is 6.01. The second-order valence-corrected chi connectivity index (χ2v) is 7.28. The van der Waals surface area contributed by atoms with E-state index in [9.17, 15) is 4.79 Å². The van der Waals surface area contributed by atoms with Gasteiger partial charge >= 0.3 is 0 Å². The fourth-order valence-electron chi connectivity index (χ4n) is 3.31. The number of pyridine rings is 2. The van der Waals surface area contributed by atoms with Gasteiger partial charge in [-0.3, -0.25) is 9.78 Å². The zero-order valence-electron chi connectivity index (χ0n) is 16.0. The number of amides is 1. The summed E-state index contributed by atoms with van der Waals surface area (Å²) in [7, 11) is 0. The predicted molar refractivity (Wildman–Crippen MR) is 109 cm³/mol. The van der Waals surface area contributed by atoms with Crippen molar-refractivity contribution in [2.75, 3.05) is 13.1 Å². The molecule has 0 N–H and O–H groups in total. The molecule has 148 valence electrons. The molecule has 1 saturated heterocycles. The fourth-order valence-corrected chi connectivity index (χ4v) is 3.42. The summed E-state index contributed by atoms with van der Waals surface area (Å²) in [4.78, 5) is 32.0. The monoisotopic (exact) mass is 409 g/mol. The van der Waals surface area contributed by atoms with Gasteiger partial charge in [-0.05, 0) is 43.5 Å². The Bertz CT molecular complexity index is 1010. The van der Waals surface area contributed by atoms with Crippen LogP contribution in [0.1, 0.15) is 28.9 Å². The summed E-state index contributed by atoms with van der Waals surface area (Å²) in [6.07, 6.45) is 8.04. The normalized spacial score (nSPS) is 16.5. The van der Waals surface area contributed by atoms with E-state index >= 15 is 0 Å². The Hall–Kier alpha value is -3.06. The van der Waals surface area contributed by atoms with Crippen LogP contribution < -0.4 is 4.74 Å². The molecular formula is C21H20ClN5O2. The number of carbonyl (C=O) groups is 1. The largest absolute Gasteiger partial charge is 0.472 e. The number of carbonyl (C=O) groups excluding carboxylic acids is 1. The molecule has 0 bridgehead atoms. The highest BCUT2D eigenvalue weighted by Gasteiger charge is 2.28. The lowest BCUT2D eigenvalue weighted by atomic mass is 10.1. The lowest BCUT2D eigenvalue weighted by molar-refractivity contribution is 0.0523. The molecule has 1 amide bonds. The highest BCUT2D eigenvalue weighted by Crippen LogP contribution is 2.24. The molecule has 1 atom stereocenters. The van der Waals surface area contributed by atoms with E-state index in [1.807, 2.05) is 19.1 Å². The van der Waals surface area contributed by atoms with E-state index < -0.39 is 0 Å². The maximum absolute atomic E-state index is 13.2. The van der Waals surface area contributed by atoms with Crippen molar-refractivity contribution in [2.24, 2.45) is 0 Å². The minimum atomic E-state index is -0.151. The van der Waals surface area contributed by atoms with Gasteiger partial charge in [-0.25, -0.2) is 15.0 Å². The van der Waals surface area contributed by atoms with Gasteiger partial charge in [-0.15, -0.1) is 0 Å². The zero-order valence-corrected chi connectivity index (χ0v) is 16.7. The molecule has 1 unspecified atom stereocenters. The number of halogens is 1. The van der Waals surface area contributed by atoms with E-state index in [4.69, 9.17) is 16.3 Å². The smallest absolute Gasteiger partial charge is 0.273 e. The molecule has 0 aromatic carbocycles. The number of aromatic nitrogens is 4. The van der Waals surface area contributed by atoms with Crippen molar-refractivity contribution in [3.63, 3.8) is 0 Å².